The third-order valence-electron chi connectivity index (χ3n) is 8.51. The van der Waals surface area contributed by atoms with Crippen molar-refractivity contribution < 1.29 is 38.6 Å². The lowest BCUT2D eigenvalue weighted by molar-refractivity contribution is -0.146. The van der Waals surface area contributed by atoms with E-state index in [0.29, 0.717) is 13.0 Å². The Kier molecular flexibility index (Phi) is 14.0. The number of hydrogen-bond donors (Lipinski definition) is 4. The quantitative estimate of drug-likeness (QED) is 0.195. The van der Waals surface area contributed by atoms with Crippen molar-refractivity contribution >= 4 is 29.6 Å². The molecule has 41 heavy (non-hydrogen) atoms. The van der Waals surface area contributed by atoms with Crippen molar-refractivity contribution in [3.8, 4) is 0 Å². The van der Waals surface area contributed by atoms with Crippen LogP contribution in [0.4, 0.5) is 0 Å². The summed E-state index contributed by atoms with van der Waals surface area (Å²) in [5, 5.41) is 17.1. The highest BCUT2D eigenvalue weighted by Gasteiger charge is 2.42. The monoisotopic (exact) mass is 583 g/mol. The summed E-state index contributed by atoms with van der Waals surface area (Å²) in [6, 6.07) is -1.06. The molecule has 0 aromatic heterocycles. The number of likely N-dealkylation sites (N-methyl/N-ethyl adjacent to an activating group) is 1. The number of methoxy groups -OCH3 is 2. The standard InChI is InChI=1S/C28H49N5O8/c1-7-17(2)25(32(4)23(35)15-30-28(39)19-10-8-12-29-19)21(40-5)14-22(34)33-13-9-11-20(33)26(41-6)18(3)27(38)31-16-24(36)37/h17-21,25-26,29H,7-16H2,1-6H3,(H,30,39)(H,31,38)(H,36,37)/t17-,18?,19-,20?,21+,25?,26+/m0/s1. The van der Waals surface area contributed by atoms with Gasteiger partial charge in [0.15, 0.2) is 0 Å². The number of hydrogen-bond acceptors (Lipinski definition) is 8. The molecule has 0 spiro atoms. The Morgan fingerprint density at radius 3 is 2.32 bits per heavy atom. The Labute approximate surface area is 243 Å². The first-order chi connectivity index (χ1) is 19.5. The maximum absolute atomic E-state index is 13.7. The minimum absolute atomic E-state index is 0.00736. The molecule has 7 atom stereocenters. The van der Waals surface area contributed by atoms with E-state index in [2.05, 4.69) is 16.0 Å². The summed E-state index contributed by atoms with van der Waals surface area (Å²) in [4.78, 5) is 65.9. The highest BCUT2D eigenvalue weighted by Crippen LogP contribution is 2.29. The van der Waals surface area contributed by atoms with Crippen LogP contribution in [0.5, 0.6) is 0 Å². The lowest BCUT2D eigenvalue weighted by atomic mass is 9.90. The predicted molar refractivity (Wildman–Crippen MR) is 151 cm³/mol. The van der Waals surface area contributed by atoms with Gasteiger partial charge in [-0.15, -0.1) is 0 Å². The second-order valence-corrected chi connectivity index (χ2v) is 11.1. The number of likely N-dealkylation sites (tertiary alicyclic amines) is 1. The molecule has 234 valence electrons. The van der Waals surface area contributed by atoms with Gasteiger partial charge in [-0.2, -0.15) is 0 Å². The fourth-order valence-electron chi connectivity index (χ4n) is 5.97. The number of carboxylic acids is 1. The van der Waals surface area contributed by atoms with Crippen LogP contribution in [-0.4, -0.2) is 122 Å². The van der Waals surface area contributed by atoms with Crippen LogP contribution in [-0.2, 0) is 33.4 Å². The number of nitrogens with one attached hydrogen (secondary N) is 3. The predicted octanol–water partition coefficient (Wildman–Crippen LogP) is -0.0243. The fraction of sp³-hybridized carbons (Fsp3) is 0.821. The second-order valence-electron chi connectivity index (χ2n) is 11.1. The molecule has 4 amide bonds. The highest BCUT2D eigenvalue weighted by molar-refractivity contribution is 5.88. The van der Waals surface area contributed by atoms with Crippen LogP contribution in [0.1, 0.15) is 59.3 Å². The van der Waals surface area contributed by atoms with Gasteiger partial charge in [0.25, 0.3) is 0 Å². The van der Waals surface area contributed by atoms with Crippen molar-refractivity contribution in [2.24, 2.45) is 11.8 Å². The van der Waals surface area contributed by atoms with Gasteiger partial charge in [0.05, 0.1) is 49.2 Å². The molecule has 0 aliphatic carbocycles. The number of ether oxygens (including phenoxy) is 2. The molecule has 2 rings (SSSR count). The van der Waals surface area contributed by atoms with E-state index in [-0.39, 0.29) is 48.7 Å². The highest BCUT2D eigenvalue weighted by atomic mass is 16.5. The van der Waals surface area contributed by atoms with Crippen molar-refractivity contribution in [1.82, 2.24) is 25.8 Å². The molecule has 2 fully saturated rings. The summed E-state index contributed by atoms with van der Waals surface area (Å²) in [5.41, 5.74) is 0. The lowest BCUT2D eigenvalue weighted by Crippen LogP contribution is -2.54. The van der Waals surface area contributed by atoms with Crippen molar-refractivity contribution in [2.75, 3.05) is 47.4 Å². The van der Waals surface area contributed by atoms with Crippen LogP contribution in [0.25, 0.3) is 0 Å². The molecule has 4 N–H and O–H groups in total. The number of carbonyl (C=O) groups excluding carboxylic acids is 4. The van der Waals surface area contributed by atoms with Crippen molar-refractivity contribution in [2.45, 2.75) is 89.6 Å². The van der Waals surface area contributed by atoms with E-state index in [0.717, 1.165) is 32.2 Å². The summed E-state index contributed by atoms with van der Waals surface area (Å²) in [7, 11) is 4.67. The third kappa shape index (κ3) is 9.37. The molecule has 2 aliphatic heterocycles. The number of carbonyl (C=O) groups is 5. The molecule has 13 heteroatoms. The average molecular weight is 584 g/mol. The molecule has 3 unspecified atom stereocenters. The number of aliphatic carboxylic acids is 1. The zero-order chi connectivity index (χ0) is 30.7. The third-order valence-corrected chi connectivity index (χ3v) is 8.51. The topological polar surface area (TPSA) is 167 Å². The molecule has 2 heterocycles. The van der Waals surface area contributed by atoms with Gasteiger partial charge in [0.2, 0.25) is 23.6 Å². The van der Waals surface area contributed by atoms with Crippen LogP contribution in [0.15, 0.2) is 0 Å². The van der Waals surface area contributed by atoms with Crippen LogP contribution in [0.3, 0.4) is 0 Å². The van der Waals surface area contributed by atoms with Gasteiger partial charge >= 0.3 is 5.97 Å². The van der Waals surface area contributed by atoms with Gasteiger partial charge in [-0.25, -0.2) is 0 Å². The van der Waals surface area contributed by atoms with Crippen LogP contribution >= 0.6 is 0 Å². The molecule has 0 saturated carbocycles. The maximum atomic E-state index is 13.7. The first-order valence-electron chi connectivity index (χ1n) is 14.6. The summed E-state index contributed by atoms with van der Waals surface area (Å²) >= 11 is 0. The first-order valence-corrected chi connectivity index (χ1v) is 14.6. The summed E-state index contributed by atoms with van der Waals surface area (Å²) in [6.07, 6.45) is 2.59. The number of rotatable bonds is 16. The molecule has 13 nitrogen and oxygen atoms in total. The van der Waals surface area contributed by atoms with E-state index in [4.69, 9.17) is 14.6 Å². The van der Waals surface area contributed by atoms with Gasteiger partial charge in [-0.1, -0.05) is 27.2 Å². The fourth-order valence-corrected chi connectivity index (χ4v) is 5.97. The van der Waals surface area contributed by atoms with E-state index >= 15 is 0 Å². The van der Waals surface area contributed by atoms with E-state index in [1.807, 2.05) is 13.8 Å². The Hall–Kier alpha value is -2.77. The number of amides is 4. The van der Waals surface area contributed by atoms with Gasteiger partial charge in [0, 0.05) is 27.8 Å². The molecule has 0 radical (unpaired) electrons. The van der Waals surface area contributed by atoms with Crippen LogP contribution in [0.2, 0.25) is 0 Å². The molecular weight excluding hydrogens is 534 g/mol. The Bertz CT molecular complexity index is 912. The van der Waals surface area contributed by atoms with Crippen molar-refractivity contribution in [1.29, 1.82) is 0 Å². The molecule has 2 aliphatic rings. The summed E-state index contributed by atoms with van der Waals surface area (Å²) in [5.74, 6) is -2.90. The van der Waals surface area contributed by atoms with E-state index in [9.17, 15) is 24.0 Å². The number of carboxylic acid groups (broad SMARTS) is 1. The Morgan fingerprint density at radius 2 is 1.76 bits per heavy atom. The van der Waals surface area contributed by atoms with Crippen LogP contribution < -0.4 is 16.0 Å². The maximum Gasteiger partial charge on any atom is 0.322 e. The smallest absolute Gasteiger partial charge is 0.322 e. The summed E-state index contributed by atoms with van der Waals surface area (Å²) < 4.78 is 11.5. The first kappa shape index (κ1) is 34.4. The molecule has 0 aromatic rings. The second kappa shape index (κ2) is 16.6. The van der Waals surface area contributed by atoms with Crippen molar-refractivity contribution in [3.05, 3.63) is 0 Å². The van der Waals surface area contributed by atoms with E-state index < -0.39 is 42.6 Å². The average Bonchev–Trinajstić information content (AvgIpc) is 3.67. The molecule has 0 aromatic carbocycles. The molecular formula is C28H49N5O8. The Morgan fingerprint density at radius 1 is 1.05 bits per heavy atom. The minimum Gasteiger partial charge on any atom is -0.480 e. The molecule has 0 bridgehead atoms. The van der Waals surface area contributed by atoms with Crippen LogP contribution in [0, 0.1) is 11.8 Å². The SMILES string of the molecule is CC[C@H](C)C([C@@H](CC(=O)N1CCCC1[C@H](OC)C(C)C(=O)NCC(=O)O)OC)N(C)C(=O)CNC(=O)[C@@H]1CCCN1. The molecule has 2 saturated heterocycles. The van der Waals surface area contributed by atoms with Gasteiger partial charge in [-0.05, 0) is 38.1 Å². The normalized spacial score (nSPS) is 22.3. The van der Waals surface area contributed by atoms with Gasteiger partial charge < -0.3 is 40.3 Å². The zero-order valence-corrected chi connectivity index (χ0v) is 25.3. The zero-order valence-electron chi connectivity index (χ0n) is 25.3. The van der Waals surface area contributed by atoms with Gasteiger partial charge in [0.1, 0.15) is 6.54 Å². The van der Waals surface area contributed by atoms with E-state index in [1.165, 1.54) is 14.2 Å². The Balaban J connectivity index is 2.11. The number of nitrogens with zero attached hydrogens (tertiary/aromatic N) is 2. The largest absolute Gasteiger partial charge is 0.480 e. The van der Waals surface area contributed by atoms with E-state index in [1.54, 1.807) is 23.8 Å². The minimum atomic E-state index is -1.14. The lowest BCUT2D eigenvalue weighted by Gasteiger charge is -2.39. The summed E-state index contributed by atoms with van der Waals surface area (Å²) in [6.45, 7) is 6.31. The van der Waals surface area contributed by atoms with Crippen molar-refractivity contribution in [3.63, 3.8) is 0 Å². The van der Waals surface area contributed by atoms with Gasteiger partial charge in [-0.3, -0.25) is 24.0 Å².